The third-order valence-corrected chi connectivity index (χ3v) is 4.72. The second-order valence-corrected chi connectivity index (χ2v) is 6.47. The molecule has 0 heterocycles. The van der Waals surface area contributed by atoms with Gasteiger partial charge in [-0.15, -0.1) is 0 Å². The molecule has 1 fully saturated rings. The molecule has 1 unspecified atom stereocenters. The summed E-state index contributed by atoms with van der Waals surface area (Å²) in [4.78, 5) is 12.1. The number of nitrogens with two attached hydrogens (primary N) is 1. The van der Waals surface area contributed by atoms with Crippen LogP contribution in [-0.2, 0) is 11.2 Å². The molecule has 0 saturated heterocycles. The molecule has 2 rings (SSSR count). The number of hydrogen-bond acceptors (Lipinski definition) is 4. The number of rotatable bonds is 7. The third-order valence-electron chi connectivity index (χ3n) is 4.72. The zero-order valence-electron chi connectivity index (χ0n) is 13.9. The van der Waals surface area contributed by atoms with Crippen molar-refractivity contribution in [3.8, 4) is 0 Å². The molecule has 1 aromatic rings. The first-order valence-corrected chi connectivity index (χ1v) is 8.69. The lowest BCUT2D eigenvalue weighted by Crippen LogP contribution is -2.48. The number of hydrazine groups is 1. The van der Waals surface area contributed by atoms with E-state index in [2.05, 4.69) is 17.8 Å². The topological polar surface area (TPSA) is 87.4 Å². The molecule has 128 valence electrons. The summed E-state index contributed by atoms with van der Waals surface area (Å²) < 4.78 is 0. The zero-order valence-corrected chi connectivity index (χ0v) is 13.9. The third kappa shape index (κ3) is 5.22. The molecule has 0 spiro atoms. The zero-order chi connectivity index (χ0) is 16.7. The van der Waals surface area contributed by atoms with Crippen LogP contribution in [0.25, 0.3) is 0 Å². The maximum atomic E-state index is 12.1. The van der Waals surface area contributed by atoms with Crippen molar-refractivity contribution in [2.75, 3.05) is 5.43 Å². The molecule has 5 heteroatoms. The fourth-order valence-corrected chi connectivity index (χ4v) is 3.28. The van der Waals surface area contributed by atoms with Crippen LogP contribution in [0.15, 0.2) is 24.3 Å². The number of aliphatic hydroxyl groups is 1. The van der Waals surface area contributed by atoms with E-state index in [1.54, 1.807) is 0 Å². The van der Waals surface area contributed by atoms with Crippen molar-refractivity contribution in [3.63, 3.8) is 0 Å². The Hall–Kier alpha value is -1.59. The van der Waals surface area contributed by atoms with E-state index in [0.717, 1.165) is 30.5 Å². The maximum Gasteiger partial charge on any atom is 0.268 e. The minimum absolute atomic E-state index is 0.473. The molecule has 1 amide bonds. The first kappa shape index (κ1) is 17.8. The molecule has 0 aliphatic heterocycles. The van der Waals surface area contributed by atoms with Crippen LogP contribution in [0.4, 0.5) is 5.69 Å². The molecule has 5 N–H and O–H groups in total. The van der Waals surface area contributed by atoms with Gasteiger partial charge in [0.2, 0.25) is 0 Å². The number of nitrogens with one attached hydrogen (secondary N) is 2. The smallest absolute Gasteiger partial charge is 0.268 e. The predicted molar refractivity (Wildman–Crippen MR) is 92.8 cm³/mol. The highest BCUT2D eigenvalue weighted by molar-refractivity contribution is 5.82. The second kappa shape index (κ2) is 8.89. The van der Waals surface area contributed by atoms with Crippen molar-refractivity contribution < 1.29 is 9.90 Å². The average Bonchev–Trinajstić information content (AvgIpc) is 2.60. The Bertz CT molecular complexity index is 501. The number of carbonyl (C=O) groups excluding carboxylic acids is 1. The normalized spacial score (nSPS) is 18.2. The molecular formula is C18H29N3O2. The van der Waals surface area contributed by atoms with Gasteiger partial charge < -0.3 is 10.8 Å². The van der Waals surface area contributed by atoms with Gasteiger partial charge in [-0.1, -0.05) is 57.2 Å². The molecule has 0 aromatic heterocycles. The van der Waals surface area contributed by atoms with Gasteiger partial charge in [0, 0.05) is 6.04 Å². The van der Waals surface area contributed by atoms with Gasteiger partial charge in [-0.3, -0.25) is 15.6 Å². The highest BCUT2D eigenvalue weighted by Gasteiger charge is 2.26. The van der Waals surface area contributed by atoms with E-state index in [-0.39, 0.29) is 0 Å². The van der Waals surface area contributed by atoms with Crippen LogP contribution >= 0.6 is 0 Å². The van der Waals surface area contributed by atoms with Crippen molar-refractivity contribution in [2.45, 2.75) is 64.0 Å². The first-order chi connectivity index (χ1) is 11.1. The maximum absolute atomic E-state index is 12.1. The van der Waals surface area contributed by atoms with Crippen LogP contribution in [0.3, 0.4) is 0 Å². The summed E-state index contributed by atoms with van der Waals surface area (Å²) in [5.74, 6) is 0.0641. The largest absolute Gasteiger partial charge is 0.382 e. The number of carbonyl (C=O) groups is 1. The van der Waals surface area contributed by atoms with Crippen LogP contribution in [0.1, 0.15) is 51.0 Å². The molecular weight excluding hydrogens is 290 g/mol. The molecule has 2 atom stereocenters. The Morgan fingerprint density at radius 2 is 2.00 bits per heavy atom. The summed E-state index contributed by atoms with van der Waals surface area (Å²) in [6, 6.07) is 7.24. The van der Waals surface area contributed by atoms with Crippen molar-refractivity contribution in [1.82, 2.24) is 5.43 Å². The highest BCUT2D eigenvalue weighted by atomic mass is 16.3. The van der Waals surface area contributed by atoms with Crippen molar-refractivity contribution in [1.29, 1.82) is 0 Å². The summed E-state index contributed by atoms with van der Waals surface area (Å²) >= 11 is 0. The fourth-order valence-electron chi connectivity index (χ4n) is 3.28. The molecule has 1 aromatic carbocycles. The molecule has 5 nitrogen and oxygen atoms in total. The first-order valence-electron chi connectivity index (χ1n) is 8.69. The number of anilines is 1. The molecule has 1 aliphatic rings. The Kier molecular flexibility index (Phi) is 6.86. The lowest BCUT2D eigenvalue weighted by atomic mass is 9.84. The van der Waals surface area contributed by atoms with Crippen molar-refractivity contribution >= 4 is 11.6 Å². The van der Waals surface area contributed by atoms with Gasteiger partial charge in [0.25, 0.3) is 5.91 Å². The number of hydrogen-bond donors (Lipinski definition) is 4. The van der Waals surface area contributed by atoms with Gasteiger partial charge in [0.1, 0.15) is 6.10 Å². The van der Waals surface area contributed by atoms with Gasteiger partial charge in [-0.25, -0.2) is 0 Å². The Morgan fingerprint density at radius 3 is 2.70 bits per heavy atom. The summed E-state index contributed by atoms with van der Waals surface area (Å²) in [6.07, 6.45) is 6.45. The van der Waals surface area contributed by atoms with Gasteiger partial charge in [-0.2, -0.15) is 0 Å². The van der Waals surface area contributed by atoms with E-state index in [1.165, 1.54) is 19.3 Å². The predicted octanol–water partition coefficient (Wildman–Crippen LogP) is 2.35. The highest BCUT2D eigenvalue weighted by Crippen LogP contribution is 2.27. The minimum Gasteiger partial charge on any atom is -0.382 e. The Morgan fingerprint density at radius 1 is 1.30 bits per heavy atom. The number of aliphatic hydroxyl groups excluding tert-OH is 1. The monoisotopic (exact) mass is 319 g/mol. The van der Waals surface area contributed by atoms with Gasteiger partial charge >= 0.3 is 0 Å². The number of amides is 1. The lowest BCUT2D eigenvalue weighted by Gasteiger charge is -2.26. The molecule has 1 aliphatic carbocycles. The van der Waals surface area contributed by atoms with E-state index < -0.39 is 18.1 Å². The van der Waals surface area contributed by atoms with Crippen molar-refractivity contribution in [3.05, 3.63) is 29.8 Å². The lowest BCUT2D eigenvalue weighted by molar-refractivity contribution is -0.130. The van der Waals surface area contributed by atoms with E-state index >= 15 is 0 Å². The van der Waals surface area contributed by atoms with Crippen LogP contribution in [0.2, 0.25) is 0 Å². The summed E-state index contributed by atoms with van der Waals surface area (Å²) in [6.45, 7) is 2.05. The average molecular weight is 319 g/mol. The quantitative estimate of drug-likeness (QED) is 0.581. The summed E-state index contributed by atoms with van der Waals surface area (Å²) in [7, 11) is 0. The van der Waals surface area contributed by atoms with E-state index in [1.807, 2.05) is 24.3 Å². The summed E-state index contributed by atoms with van der Waals surface area (Å²) in [5, 5.41) is 10.1. The second-order valence-electron chi connectivity index (χ2n) is 6.47. The van der Waals surface area contributed by atoms with Crippen LogP contribution in [-0.4, -0.2) is 23.2 Å². The van der Waals surface area contributed by atoms with E-state index in [9.17, 15) is 9.90 Å². The van der Waals surface area contributed by atoms with Gasteiger partial charge in [0.05, 0.1) is 5.69 Å². The van der Waals surface area contributed by atoms with E-state index in [4.69, 9.17) is 5.73 Å². The number of aryl methyl sites for hydroxylation is 1. The number of para-hydroxylation sites is 1. The van der Waals surface area contributed by atoms with Crippen molar-refractivity contribution in [2.24, 2.45) is 11.7 Å². The van der Waals surface area contributed by atoms with Crippen LogP contribution in [0, 0.1) is 5.92 Å². The van der Waals surface area contributed by atoms with Crippen LogP contribution in [0.5, 0.6) is 0 Å². The summed E-state index contributed by atoms with van der Waals surface area (Å²) in [5.41, 5.74) is 13.4. The SMILES string of the molecule is CCc1ccccc1NNC(=O)C(O)[C@H](N)CC1CCCCC1. The Balaban J connectivity index is 1.81. The number of benzene rings is 1. The van der Waals surface area contributed by atoms with Crippen LogP contribution < -0.4 is 16.6 Å². The standard InChI is InChI=1S/C18H29N3O2/c1-2-14-10-6-7-11-16(14)20-21-18(23)17(22)15(19)12-13-8-4-3-5-9-13/h6-7,10-11,13,15,17,20,22H,2-5,8-9,12,19H2,1H3,(H,21,23)/t15-,17?/m1/s1. The van der Waals surface area contributed by atoms with Gasteiger partial charge in [-0.05, 0) is 30.4 Å². The minimum atomic E-state index is -1.18. The fraction of sp³-hybridized carbons (Fsp3) is 0.611. The molecule has 0 radical (unpaired) electrons. The van der Waals surface area contributed by atoms with E-state index in [0.29, 0.717) is 12.3 Å². The Labute approximate surface area is 138 Å². The molecule has 1 saturated carbocycles. The molecule has 0 bridgehead atoms. The molecule has 23 heavy (non-hydrogen) atoms. The van der Waals surface area contributed by atoms with Gasteiger partial charge in [0.15, 0.2) is 0 Å².